The molecule has 0 fully saturated rings. The Labute approximate surface area is 92.4 Å². The van der Waals surface area contributed by atoms with E-state index >= 15 is 0 Å². The summed E-state index contributed by atoms with van der Waals surface area (Å²) in [4.78, 5) is 2.28. The standard InChI is InChI=1S/C12H12FNS/c1-8-6-9(2-4-11(8)13)12-5-3-10(7-14)15-12/h2-6H,7,14H2,1H3. The number of hydrogen-bond acceptors (Lipinski definition) is 2. The van der Waals surface area contributed by atoms with Gasteiger partial charge in [-0.05, 0) is 42.3 Å². The van der Waals surface area contributed by atoms with Gasteiger partial charge in [-0.3, -0.25) is 0 Å². The number of nitrogens with two attached hydrogens (primary N) is 1. The van der Waals surface area contributed by atoms with E-state index < -0.39 is 0 Å². The highest BCUT2D eigenvalue weighted by atomic mass is 32.1. The predicted octanol–water partition coefficient (Wildman–Crippen LogP) is 3.32. The predicted molar refractivity (Wildman–Crippen MR) is 62.3 cm³/mol. The van der Waals surface area contributed by atoms with E-state index in [0.717, 1.165) is 15.3 Å². The highest BCUT2D eigenvalue weighted by Crippen LogP contribution is 2.28. The summed E-state index contributed by atoms with van der Waals surface area (Å²) in [5.41, 5.74) is 7.28. The third-order valence-electron chi connectivity index (χ3n) is 2.31. The fraction of sp³-hybridized carbons (Fsp3) is 0.167. The van der Waals surface area contributed by atoms with Gasteiger partial charge in [-0.25, -0.2) is 4.39 Å². The van der Waals surface area contributed by atoms with Crippen molar-refractivity contribution in [2.24, 2.45) is 5.73 Å². The van der Waals surface area contributed by atoms with Crippen molar-refractivity contribution in [3.8, 4) is 10.4 Å². The molecule has 2 aromatic rings. The van der Waals surface area contributed by atoms with E-state index in [-0.39, 0.29) is 5.82 Å². The first-order chi connectivity index (χ1) is 7.20. The second-order valence-electron chi connectivity index (χ2n) is 3.43. The number of hydrogen-bond donors (Lipinski definition) is 1. The summed E-state index contributed by atoms with van der Waals surface area (Å²) in [7, 11) is 0. The molecule has 2 N–H and O–H groups in total. The first-order valence-corrected chi connectivity index (χ1v) is 5.57. The second kappa shape index (κ2) is 4.13. The lowest BCUT2D eigenvalue weighted by atomic mass is 10.1. The fourth-order valence-electron chi connectivity index (χ4n) is 1.44. The maximum atomic E-state index is 13.1. The molecule has 2 rings (SSSR count). The van der Waals surface area contributed by atoms with Crippen LogP contribution in [0, 0.1) is 12.7 Å². The number of rotatable bonds is 2. The monoisotopic (exact) mass is 221 g/mol. The lowest BCUT2D eigenvalue weighted by molar-refractivity contribution is 0.619. The second-order valence-corrected chi connectivity index (χ2v) is 4.60. The maximum Gasteiger partial charge on any atom is 0.126 e. The minimum atomic E-state index is -0.158. The molecule has 0 saturated heterocycles. The lowest BCUT2D eigenvalue weighted by Gasteiger charge is -2.00. The van der Waals surface area contributed by atoms with Gasteiger partial charge in [0.05, 0.1) is 0 Å². The molecule has 1 aromatic carbocycles. The van der Waals surface area contributed by atoms with Crippen LogP contribution in [0.4, 0.5) is 4.39 Å². The van der Waals surface area contributed by atoms with E-state index in [0.29, 0.717) is 12.1 Å². The van der Waals surface area contributed by atoms with Crippen molar-refractivity contribution in [3.05, 3.63) is 46.6 Å². The molecule has 0 spiro atoms. The first kappa shape index (κ1) is 10.3. The molecule has 0 amide bonds. The Bertz CT molecular complexity index is 476. The van der Waals surface area contributed by atoms with Crippen LogP contribution < -0.4 is 5.73 Å². The summed E-state index contributed by atoms with van der Waals surface area (Å²) >= 11 is 1.65. The van der Waals surface area contributed by atoms with E-state index in [9.17, 15) is 4.39 Å². The summed E-state index contributed by atoms with van der Waals surface area (Å²) in [5.74, 6) is -0.158. The molecule has 15 heavy (non-hydrogen) atoms. The minimum absolute atomic E-state index is 0.158. The largest absolute Gasteiger partial charge is 0.326 e. The van der Waals surface area contributed by atoms with Crippen LogP contribution in [0.3, 0.4) is 0 Å². The summed E-state index contributed by atoms with van der Waals surface area (Å²) < 4.78 is 13.1. The molecule has 0 saturated carbocycles. The third kappa shape index (κ3) is 2.08. The average Bonchev–Trinajstić information content (AvgIpc) is 2.70. The van der Waals surface area contributed by atoms with Crippen LogP contribution in [0.2, 0.25) is 0 Å². The molecule has 0 aliphatic heterocycles. The fourth-order valence-corrected chi connectivity index (χ4v) is 2.32. The van der Waals surface area contributed by atoms with Gasteiger partial charge in [-0.2, -0.15) is 0 Å². The van der Waals surface area contributed by atoms with Gasteiger partial charge in [0, 0.05) is 16.3 Å². The van der Waals surface area contributed by atoms with E-state index in [1.807, 2.05) is 18.2 Å². The Hall–Kier alpha value is -1.19. The molecular weight excluding hydrogens is 209 g/mol. The Kier molecular flexibility index (Phi) is 2.84. The van der Waals surface area contributed by atoms with Crippen LogP contribution in [-0.2, 0) is 6.54 Å². The maximum absolute atomic E-state index is 13.1. The minimum Gasteiger partial charge on any atom is -0.326 e. The molecule has 78 valence electrons. The van der Waals surface area contributed by atoms with Crippen LogP contribution in [0.15, 0.2) is 30.3 Å². The van der Waals surface area contributed by atoms with Crippen LogP contribution in [0.5, 0.6) is 0 Å². The van der Waals surface area contributed by atoms with Gasteiger partial charge in [0.2, 0.25) is 0 Å². The summed E-state index contributed by atoms with van der Waals surface area (Å²) in [6.45, 7) is 2.33. The molecule has 3 heteroatoms. The SMILES string of the molecule is Cc1cc(-c2ccc(CN)s2)ccc1F. The topological polar surface area (TPSA) is 26.0 Å². The Balaban J connectivity index is 2.40. The van der Waals surface area contributed by atoms with E-state index in [4.69, 9.17) is 5.73 Å². The number of aryl methyl sites for hydroxylation is 1. The molecule has 0 unspecified atom stereocenters. The highest BCUT2D eigenvalue weighted by Gasteiger charge is 2.04. The van der Waals surface area contributed by atoms with Crippen molar-refractivity contribution < 1.29 is 4.39 Å². The Morgan fingerprint density at radius 1 is 1.27 bits per heavy atom. The molecular formula is C12H12FNS. The van der Waals surface area contributed by atoms with Gasteiger partial charge in [-0.1, -0.05) is 6.07 Å². The van der Waals surface area contributed by atoms with Gasteiger partial charge >= 0.3 is 0 Å². The molecule has 1 aromatic heterocycles. The Morgan fingerprint density at radius 3 is 2.67 bits per heavy atom. The van der Waals surface area contributed by atoms with Crippen LogP contribution in [0.1, 0.15) is 10.4 Å². The van der Waals surface area contributed by atoms with Crippen molar-refractivity contribution in [1.29, 1.82) is 0 Å². The van der Waals surface area contributed by atoms with E-state index in [1.165, 1.54) is 6.07 Å². The quantitative estimate of drug-likeness (QED) is 0.827. The summed E-state index contributed by atoms with van der Waals surface area (Å²) in [6, 6.07) is 9.21. The van der Waals surface area contributed by atoms with Crippen LogP contribution in [-0.4, -0.2) is 0 Å². The molecule has 0 bridgehead atoms. The van der Waals surface area contributed by atoms with Crippen molar-refractivity contribution in [2.45, 2.75) is 13.5 Å². The smallest absolute Gasteiger partial charge is 0.126 e. The molecule has 0 aliphatic carbocycles. The number of benzene rings is 1. The number of thiophene rings is 1. The molecule has 1 heterocycles. The summed E-state index contributed by atoms with van der Waals surface area (Å²) in [6.07, 6.45) is 0. The molecule has 0 radical (unpaired) electrons. The molecule has 0 aliphatic rings. The highest BCUT2D eigenvalue weighted by molar-refractivity contribution is 7.15. The van der Waals surface area contributed by atoms with Gasteiger partial charge in [0.1, 0.15) is 5.82 Å². The third-order valence-corrected chi connectivity index (χ3v) is 3.46. The van der Waals surface area contributed by atoms with Gasteiger partial charge in [-0.15, -0.1) is 11.3 Å². The van der Waals surface area contributed by atoms with Crippen molar-refractivity contribution in [2.75, 3.05) is 0 Å². The van der Waals surface area contributed by atoms with Crippen LogP contribution in [0.25, 0.3) is 10.4 Å². The Morgan fingerprint density at radius 2 is 2.07 bits per heavy atom. The normalized spacial score (nSPS) is 10.6. The first-order valence-electron chi connectivity index (χ1n) is 4.76. The molecule has 1 nitrogen and oxygen atoms in total. The molecule has 0 atom stereocenters. The zero-order valence-corrected chi connectivity index (χ0v) is 9.27. The average molecular weight is 221 g/mol. The zero-order chi connectivity index (χ0) is 10.8. The number of halogens is 1. The van der Waals surface area contributed by atoms with Crippen molar-refractivity contribution in [1.82, 2.24) is 0 Å². The summed E-state index contributed by atoms with van der Waals surface area (Å²) in [5, 5.41) is 0. The van der Waals surface area contributed by atoms with Gasteiger partial charge in [0.25, 0.3) is 0 Å². The zero-order valence-electron chi connectivity index (χ0n) is 8.46. The van der Waals surface area contributed by atoms with Gasteiger partial charge < -0.3 is 5.73 Å². The van der Waals surface area contributed by atoms with Crippen molar-refractivity contribution in [3.63, 3.8) is 0 Å². The van der Waals surface area contributed by atoms with Crippen molar-refractivity contribution >= 4 is 11.3 Å². The van der Waals surface area contributed by atoms with E-state index in [1.54, 1.807) is 24.3 Å². The van der Waals surface area contributed by atoms with Gasteiger partial charge in [0.15, 0.2) is 0 Å². The van der Waals surface area contributed by atoms with Crippen LogP contribution >= 0.6 is 11.3 Å². The van der Waals surface area contributed by atoms with E-state index in [2.05, 4.69) is 0 Å². The lowest BCUT2D eigenvalue weighted by Crippen LogP contribution is -1.91.